The zero-order valence-electron chi connectivity index (χ0n) is 12.9. The van der Waals surface area contributed by atoms with Crippen molar-refractivity contribution in [2.75, 3.05) is 31.1 Å². The van der Waals surface area contributed by atoms with Gasteiger partial charge in [0, 0.05) is 44.7 Å². The van der Waals surface area contributed by atoms with Gasteiger partial charge in [-0.25, -0.2) is 9.97 Å². The second-order valence-corrected chi connectivity index (χ2v) is 6.99. The highest BCUT2D eigenvalue weighted by Crippen LogP contribution is 2.25. The molecule has 0 spiro atoms. The lowest BCUT2D eigenvalue weighted by molar-refractivity contribution is 0.187. The van der Waals surface area contributed by atoms with E-state index in [-0.39, 0.29) is 0 Å². The summed E-state index contributed by atoms with van der Waals surface area (Å²) in [5.41, 5.74) is 0. The van der Waals surface area contributed by atoms with Crippen molar-refractivity contribution < 1.29 is 0 Å². The lowest BCUT2D eigenvalue weighted by atomic mass is 10.2. The summed E-state index contributed by atoms with van der Waals surface area (Å²) >= 11 is 3.53. The van der Waals surface area contributed by atoms with Crippen LogP contribution in [0.3, 0.4) is 0 Å². The third kappa shape index (κ3) is 3.75. The maximum Gasteiger partial charge on any atom is 0.133 e. The van der Waals surface area contributed by atoms with Crippen molar-refractivity contribution >= 4 is 21.7 Å². The Hall–Kier alpha value is -0.680. The van der Waals surface area contributed by atoms with Crippen LogP contribution < -0.4 is 4.90 Å². The average molecular weight is 353 g/mol. The maximum absolute atomic E-state index is 4.74. The molecule has 1 aromatic heterocycles. The molecule has 2 fully saturated rings. The number of halogens is 1. The molecule has 1 aromatic rings. The van der Waals surface area contributed by atoms with E-state index in [0.717, 1.165) is 48.2 Å². The molecule has 2 heterocycles. The number of hydrogen-bond acceptors (Lipinski definition) is 4. The molecule has 1 saturated heterocycles. The van der Waals surface area contributed by atoms with Crippen LogP contribution in [0.2, 0.25) is 0 Å². The molecule has 0 bridgehead atoms. The first-order valence-corrected chi connectivity index (χ1v) is 9.08. The zero-order valence-corrected chi connectivity index (χ0v) is 14.5. The van der Waals surface area contributed by atoms with E-state index in [0.29, 0.717) is 0 Å². The number of aromatic nitrogens is 2. The number of rotatable bonds is 4. The van der Waals surface area contributed by atoms with Gasteiger partial charge >= 0.3 is 0 Å². The van der Waals surface area contributed by atoms with Crippen LogP contribution in [0.1, 0.15) is 44.9 Å². The minimum atomic E-state index is 0.847. The SMILES string of the molecule is CCCc1nc(Br)cc(N2CCN(C3CCCC3)CC2)n1. The van der Waals surface area contributed by atoms with Crippen molar-refractivity contribution in [3.8, 4) is 0 Å². The van der Waals surface area contributed by atoms with Gasteiger partial charge in [0.05, 0.1) is 0 Å². The largest absolute Gasteiger partial charge is 0.354 e. The molecule has 1 aliphatic heterocycles. The first-order valence-electron chi connectivity index (χ1n) is 8.28. The Balaban J connectivity index is 1.63. The molecule has 5 heteroatoms. The lowest BCUT2D eigenvalue weighted by Crippen LogP contribution is -2.50. The molecular weight excluding hydrogens is 328 g/mol. The summed E-state index contributed by atoms with van der Waals surface area (Å²) in [5, 5.41) is 0. The second kappa shape index (κ2) is 7.05. The lowest BCUT2D eigenvalue weighted by Gasteiger charge is -2.38. The van der Waals surface area contributed by atoms with Crippen LogP contribution in [0.5, 0.6) is 0 Å². The van der Waals surface area contributed by atoms with E-state index in [1.165, 1.54) is 38.8 Å². The van der Waals surface area contributed by atoms with Gasteiger partial charge in [-0.2, -0.15) is 0 Å². The zero-order chi connectivity index (χ0) is 14.7. The van der Waals surface area contributed by atoms with E-state index in [1.807, 2.05) is 0 Å². The van der Waals surface area contributed by atoms with E-state index in [1.54, 1.807) is 0 Å². The van der Waals surface area contributed by atoms with Crippen LogP contribution in [-0.4, -0.2) is 47.1 Å². The highest BCUT2D eigenvalue weighted by molar-refractivity contribution is 9.10. The summed E-state index contributed by atoms with van der Waals surface area (Å²) in [5.74, 6) is 2.05. The summed E-state index contributed by atoms with van der Waals surface area (Å²) < 4.78 is 0.911. The van der Waals surface area contributed by atoms with Gasteiger partial charge in [0.2, 0.25) is 0 Å². The highest BCUT2D eigenvalue weighted by atomic mass is 79.9. The van der Waals surface area contributed by atoms with E-state index >= 15 is 0 Å². The Labute approximate surface area is 136 Å². The maximum atomic E-state index is 4.74. The van der Waals surface area contributed by atoms with Crippen molar-refractivity contribution in [2.45, 2.75) is 51.5 Å². The Kier molecular flexibility index (Phi) is 5.11. The van der Waals surface area contributed by atoms with Crippen LogP contribution in [0.15, 0.2) is 10.7 Å². The summed E-state index contributed by atoms with van der Waals surface area (Å²) in [6.45, 7) is 6.70. The minimum Gasteiger partial charge on any atom is -0.354 e. The van der Waals surface area contributed by atoms with Gasteiger partial charge in [0.15, 0.2) is 0 Å². The summed E-state index contributed by atoms with van der Waals surface area (Å²) in [4.78, 5) is 14.3. The number of aryl methyl sites for hydroxylation is 1. The number of nitrogens with zero attached hydrogens (tertiary/aromatic N) is 4. The first-order chi connectivity index (χ1) is 10.3. The molecule has 0 amide bonds. The molecule has 0 aromatic carbocycles. The molecule has 21 heavy (non-hydrogen) atoms. The van der Waals surface area contributed by atoms with Crippen LogP contribution in [0.25, 0.3) is 0 Å². The molecule has 0 N–H and O–H groups in total. The molecule has 2 aliphatic rings. The van der Waals surface area contributed by atoms with Gasteiger partial charge in [0.25, 0.3) is 0 Å². The molecule has 116 valence electrons. The fraction of sp³-hybridized carbons (Fsp3) is 0.750. The Morgan fingerprint density at radius 1 is 1.14 bits per heavy atom. The summed E-state index contributed by atoms with van der Waals surface area (Å²) in [6, 6.07) is 2.91. The van der Waals surface area contributed by atoms with Crippen molar-refractivity contribution in [2.24, 2.45) is 0 Å². The van der Waals surface area contributed by atoms with Gasteiger partial charge in [-0.15, -0.1) is 0 Å². The Bertz CT molecular complexity index is 465. The van der Waals surface area contributed by atoms with Gasteiger partial charge in [0.1, 0.15) is 16.2 Å². The first kappa shape index (κ1) is 15.2. The van der Waals surface area contributed by atoms with Crippen molar-refractivity contribution in [1.82, 2.24) is 14.9 Å². The molecule has 0 radical (unpaired) electrons. The Morgan fingerprint density at radius 2 is 1.86 bits per heavy atom. The normalized spacial score (nSPS) is 21.1. The summed E-state index contributed by atoms with van der Waals surface area (Å²) in [6.07, 6.45) is 7.69. The summed E-state index contributed by atoms with van der Waals surface area (Å²) in [7, 11) is 0. The van der Waals surface area contributed by atoms with Crippen LogP contribution in [0.4, 0.5) is 5.82 Å². The van der Waals surface area contributed by atoms with E-state index in [2.05, 4.69) is 43.7 Å². The molecule has 0 atom stereocenters. The molecule has 1 aliphatic carbocycles. The third-order valence-electron chi connectivity index (χ3n) is 4.68. The van der Waals surface area contributed by atoms with E-state index < -0.39 is 0 Å². The van der Waals surface area contributed by atoms with E-state index in [9.17, 15) is 0 Å². The average Bonchev–Trinajstić information content (AvgIpc) is 3.01. The quantitative estimate of drug-likeness (QED) is 0.778. The minimum absolute atomic E-state index is 0.847. The van der Waals surface area contributed by atoms with Crippen LogP contribution in [-0.2, 0) is 6.42 Å². The number of piperazine rings is 1. The molecule has 1 saturated carbocycles. The van der Waals surface area contributed by atoms with Crippen molar-refractivity contribution in [3.63, 3.8) is 0 Å². The van der Waals surface area contributed by atoms with E-state index in [4.69, 9.17) is 4.98 Å². The standard InChI is InChI=1S/C16H25BrN4/c1-2-5-15-18-14(17)12-16(19-15)21-10-8-20(9-11-21)13-6-3-4-7-13/h12-13H,2-11H2,1H3. The Morgan fingerprint density at radius 3 is 2.52 bits per heavy atom. The molecule has 4 nitrogen and oxygen atoms in total. The molecule has 3 rings (SSSR count). The van der Waals surface area contributed by atoms with Crippen LogP contribution >= 0.6 is 15.9 Å². The monoisotopic (exact) mass is 352 g/mol. The second-order valence-electron chi connectivity index (χ2n) is 6.18. The van der Waals surface area contributed by atoms with Gasteiger partial charge in [-0.05, 0) is 35.2 Å². The number of hydrogen-bond donors (Lipinski definition) is 0. The fourth-order valence-corrected chi connectivity index (χ4v) is 3.94. The van der Waals surface area contributed by atoms with Crippen LogP contribution in [0, 0.1) is 0 Å². The van der Waals surface area contributed by atoms with Gasteiger partial charge in [-0.1, -0.05) is 19.8 Å². The van der Waals surface area contributed by atoms with Crippen molar-refractivity contribution in [1.29, 1.82) is 0 Å². The van der Waals surface area contributed by atoms with Gasteiger partial charge < -0.3 is 4.90 Å². The predicted molar refractivity (Wildman–Crippen MR) is 89.8 cm³/mol. The molecule has 0 unspecified atom stereocenters. The highest BCUT2D eigenvalue weighted by Gasteiger charge is 2.26. The topological polar surface area (TPSA) is 32.3 Å². The van der Waals surface area contributed by atoms with Crippen molar-refractivity contribution in [3.05, 3.63) is 16.5 Å². The van der Waals surface area contributed by atoms with Gasteiger partial charge in [-0.3, -0.25) is 4.90 Å². The predicted octanol–water partition coefficient (Wildman–Crippen LogP) is 3.26. The third-order valence-corrected chi connectivity index (χ3v) is 5.09. The molecular formula is C16H25BrN4. The fourth-order valence-electron chi connectivity index (χ4n) is 3.53. The number of anilines is 1. The smallest absolute Gasteiger partial charge is 0.133 e.